The van der Waals surface area contributed by atoms with Crippen LogP contribution in [0.4, 0.5) is 0 Å². The highest BCUT2D eigenvalue weighted by atomic mass is 16.5. The maximum atomic E-state index is 11.1. The molecule has 0 aliphatic heterocycles. The van der Waals surface area contributed by atoms with Gasteiger partial charge in [-0.3, -0.25) is 9.48 Å². The summed E-state index contributed by atoms with van der Waals surface area (Å²) in [6, 6.07) is 0. The van der Waals surface area contributed by atoms with Crippen LogP contribution >= 0.6 is 0 Å². The molecule has 90 valence electrons. The lowest BCUT2D eigenvalue weighted by Gasteiger charge is -2.08. The lowest BCUT2D eigenvalue weighted by molar-refractivity contribution is -0.146. The predicted octanol–water partition coefficient (Wildman–Crippen LogP) is 0.209. The molecule has 1 N–H and O–H groups in total. The molecule has 1 heterocycles. The smallest absolute Gasteiger partial charge is 0.320 e. The molecule has 1 rings (SSSR count). The molecule has 0 aliphatic rings. The van der Waals surface area contributed by atoms with Gasteiger partial charge in [0.15, 0.2) is 0 Å². The Hall–Kier alpha value is -1.43. The number of rotatable bonds is 7. The van der Waals surface area contributed by atoms with Crippen LogP contribution in [-0.4, -0.2) is 40.2 Å². The van der Waals surface area contributed by atoms with Crippen molar-refractivity contribution in [1.29, 1.82) is 0 Å². The van der Waals surface area contributed by atoms with E-state index in [2.05, 4.69) is 15.6 Å². The lowest BCUT2D eigenvalue weighted by Crippen LogP contribution is -2.27. The third-order valence-corrected chi connectivity index (χ3v) is 1.85. The van der Waals surface area contributed by atoms with Gasteiger partial charge in [0.2, 0.25) is 0 Å². The molecule has 0 atom stereocenters. The van der Waals surface area contributed by atoms with E-state index in [4.69, 9.17) is 4.74 Å². The fourth-order valence-corrected chi connectivity index (χ4v) is 1.21. The normalized spacial score (nSPS) is 10.7. The Kier molecular flexibility index (Phi) is 5.49. The second-order valence-electron chi connectivity index (χ2n) is 3.74. The Balaban J connectivity index is 1.98. The topological polar surface area (TPSA) is 69.0 Å². The van der Waals surface area contributed by atoms with Crippen molar-refractivity contribution >= 4 is 5.97 Å². The zero-order chi connectivity index (χ0) is 11.8. The summed E-state index contributed by atoms with van der Waals surface area (Å²) in [6.45, 7) is 5.49. The highest BCUT2D eigenvalue weighted by Gasteiger charge is 2.03. The van der Waals surface area contributed by atoms with Crippen molar-refractivity contribution in [1.82, 2.24) is 20.3 Å². The van der Waals surface area contributed by atoms with Gasteiger partial charge in [-0.25, -0.2) is 0 Å². The zero-order valence-corrected chi connectivity index (χ0v) is 9.72. The minimum atomic E-state index is -0.212. The molecule has 0 aromatic carbocycles. The molecular formula is C10H18N4O2. The van der Waals surface area contributed by atoms with E-state index in [1.165, 1.54) is 0 Å². The summed E-state index contributed by atoms with van der Waals surface area (Å²) in [5.74, 6) is -0.212. The number of ether oxygens (including phenoxy) is 1. The molecule has 0 amide bonds. The lowest BCUT2D eigenvalue weighted by atomic mass is 10.4. The van der Waals surface area contributed by atoms with E-state index in [0.29, 0.717) is 0 Å². The van der Waals surface area contributed by atoms with E-state index in [1.807, 2.05) is 20.0 Å². The number of aryl methyl sites for hydroxylation is 1. The van der Waals surface area contributed by atoms with Gasteiger partial charge < -0.3 is 10.1 Å². The van der Waals surface area contributed by atoms with Crippen LogP contribution in [0.15, 0.2) is 12.4 Å². The Bertz CT molecular complexity index is 298. The Morgan fingerprint density at radius 2 is 2.38 bits per heavy atom. The third-order valence-electron chi connectivity index (χ3n) is 1.85. The van der Waals surface area contributed by atoms with E-state index in [1.54, 1.807) is 10.9 Å². The van der Waals surface area contributed by atoms with Gasteiger partial charge in [-0.05, 0) is 26.8 Å². The van der Waals surface area contributed by atoms with E-state index in [0.717, 1.165) is 19.5 Å². The van der Waals surface area contributed by atoms with Gasteiger partial charge in [0.05, 0.1) is 18.8 Å². The minimum absolute atomic E-state index is 0.0514. The molecule has 0 radical (unpaired) electrons. The van der Waals surface area contributed by atoms with Crippen LogP contribution < -0.4 is 5.32 Å². The first-order valence-corrected chi connectivity index (χ1v) is 5.43. The van der Waals surface area contributed by atoms with Gasteiger partial charge in [0.1, 0.15) is 0 Å². The maximum absolute atomic E-state index is 11.1. The number of aromatic nitrogens is 3. The molecule has 1 aromatic heterocycles. The van der Waals surface area contributed by atoms with Crippen LogP contribution in [0.5, 0.6) is 0 Å². The quantitative estimate of drug-likeness (QED) is 0.531. The van der Waals surface area contributed by atoms with Gasteiger partial charge in [-0.15, -0.1) is 5.10 Å². The largest absolute Gasteiger partial charge is 0.462 e. The van der Waals surface area contributed by atoms with Gasteiger partial charge >= 0.3 is 5.97 Å². The molecule has 0 saturated carbocycles. The molecule has 0 bridgehead atoms. The fraction of sp³-hybridized carbons (Fsp3) is 0.700. The highest BCUT2D eigenvalue weighted by molar-refractivity contribution is 5.71. The third kappa shape index (κ3) is 5.45. The van der Waals surface area contributed by atoms with E-state index >= 15 is 0 Å². The molecule has 16 heavy (non-hydrogen) atoms. The summed E-state index contributed by atoms with van der Waals surface area (Å²) < 4.78 is 6.73. The molecule has 0 saturated heterocycles. The van der Waals surface area contributed by atoms with Crippen molar-refractivity contribution in [2.75, 3.05) is 13.1 Å². The predicted molar refractivity (Wildman–Crippen MR) is 58.7 cm³/mol. The number of esters is 1. The monoisotopic (exact) mass is 226 g/mol. The van der Waals surface area contributed by atoms with Crippen LogP contribution in [-0.2, 0) is 16.1 Å². The SMILES string of the molecule is CC(C)OC(=O)CNCCCn1ccnn1. The molecule has 0 aliphatic carbocycles. The fourth-order valence-electron chi connectivity index (χ4n) is 1.21. The number of carbonyl (C=O) groups is 1. The van der Waals surface area contributed by atoms with Crippen LogP contribution in [0.25, 0.3) is 0 Å². The molecule has 1 aromatic rings. The maximum Gasteiger partial charge on any atom is 0.320 e. The van der Waals surface area contributed by atoms with Gasteiger partial charge in [0, 0.05) is 12.7 Å². The van der Waals surface area contributed by atoms with Gasteiger partial charge in [0.25, 0.3) is 0 Å². The summed E-state index contributed by atoms with van der Waals surface area (Å²) >= 11 is 0. The first-order chi connectivity index (χ1) is 7.68. The van der Waals surface area contributed by atoms with Crippen molar-refractivity contribution in [2.45, 2.75) is 32.9 Å². The van der Waals surface area contributed by atoms with E-state index in [-0.39, 0.29) is 18.6 Å². The Morgan fingerprint density at radius 1 is 1.56 bits per heavy atom. The number of hydrogen-bond acceptors (Lipinski definition) is 5. The molecule has 0 unspecified atom stereocenters. The van der Waals surface area contributed by atoms with Gasteiger partial charge in [-0.1, -0.05) is 5.21 Å². The average Bonchev–Trinajstić information content (AvgIpc) is 2.68. The summed E-state index contributed by atoms with van der Waals surface area (Å²) in [4.78, 5) is 11.1. The molecule has 0 spiro atoms. The van der Waals surface area contributed by atoms with Crippen LogP contribution in [0.3, 0.4) is 0 Å². The van der Waals surface area contributed by atoms with Crippen molar-refractivity contribution in [3.8, 4) is 0 Å². The molecular weight excluding hydrogens is 208 g/mol. The second kappa shape index (κ2) is 6.95. The van der Waals surface area contributed by atoms with Crippen molar-refractivity contribution in [3.05, 3.63) is 12.4 Å². The first kappa shape index (κ1) is 12.6. The van der Waals surface area contributed by atoms with Crippen molar-refractivity contribution in [3.63, 3.8) is 0 Å². The highest BCUT2D eigenvalue weighted by Crippen LogP contribution is 1.88. The zero-order valence-electron chi connectivity index (χ0n) is 9.72. The van der Waals surface area contributed by atoms with E-state index < -0.39 is 0 Å². The summed E-state index contributed by atoms with van der Waals surface area (Å²) in [5, 5.41) is 10.6. The summed E-state index contributed by atoms with van der Waals surface area (Å²) in [7, 11) is 0. The van der Waals surface area contributed by atoms with Gasteiger partial charge in [-0.2, -0.15) is 0 Å². The van der Waals surface area contributed by atoms with Crippen LogP contribution in [0, 0.1) is 0 Å². The number of hydrogen-bond donors (Lipinski definition) is 1. The van der Waals surface area contributed by atoms with Crippen LogP contribution in [0.2, 0.25) is 0 Å². The number of nitrogens with one attached hydrogen (secondary N) is 1. The molecule has 6 heteroatoms. The number of nitrogens with zero attached hydrogens (tertiary/aromatic N) is 3. The van der Waals surface area contributed by atoms with Crippen molar-refractivity contribution < 1.29 is 9.53 Å². The summed E-state index contributed by atoms with van der Waals surface area (Å²) in [5.41, 5.74) is 0. The number of carbonyl (C=O) groups excluding carboxylic acids is 1. The molecule has 6 nitrogen and oxygen atoms in total. The minimum Gasteiger partial charge on any atom is -0.462 e. The Labute approximate surface area is 95.0 Å². The Morgan fingerprint density at radius 3 is 3.00 bits per heavy atom. The molecule has 0 fully saturated rings. The van der Waals surface area contributed by atoms with E-state index in [9.17, 15) is 4.79 Å². The van der Waals surface area contributed by atoms with Crippen molar-refractivity contribution in [2.24, 2.45) is 0 Å². The summed E-state index contributed by atoms with van der Waals surface area (Å²) in [6.07, 6.45) is 4.31. The first-order valence-electron chi connectivity index (χ1n) is 5.43. The van der Waals surface area contributed by atoms with Crippen LogP contribution in [0.1, 0.15) is 20.3 Å². The standard InChI is InChI=1S/C10H18N4O2/c1-9(2)16-10(15)8-11-4-3-6-14-7-5-12-13-14/h5,7,9,11H,3-4,6,8H2,1-2H3. The average molecular weight is 226 g/mol. The second-order valence-corrected chi connectivity index (χ2v) is 3.74.